The SMILES string of the molecule is CCOC(=O)N1CCC(C(=O)NCc2ccccc2COCc2ccccc2)CC1. The van der Waals surface area contributed by atoms with Crippen LogP contribution in [0.1, 0.15) is 36.5 Å². The molecule has 0 aliphatic carbocycles. The van der Waals surface area contributed by atoms with Gasteiger partial charge in [-0.1, -0.05) is 54.6 Å². The van der Waals surface area contributed by atoms with Crippen molar-refractivity contribution in [3.63, 3.8) is 0 Å². The van der Waals surface area contributed by atoms with Crippen LogP contribution in [0.25, 0.3) is 0 Å². The van der Waals surface area contributed by atoms with Gasteiger partial charge in [0.05, 0.1) is 19.8 Å². The minimum atomic E-state index is -0.291. The summed E-state index contributed by atoms with van der Waals surface area (Å²) in [6.07, 6.45) is 1.03. The van der Waals surface area contributed by atoms with Crippen molar-refractivity contribution >= 4 is 12.0 Å². The highest BCUT2D eigenvalue weighted by Gasteiger charge is 2.27. The standard InChI is InChI=1S/C24H30N2O4/c1-2-30-24(28)26-14-12-20(13-15-26)23(27)25-16-21-10-6-7-11-22(21)18-29-17-19-8-4-3-5-9-19/h3-11,20H,2,12-18H2,1H3,(H,25,27). The van der Waals surface area contributed by atoms with Crippen molar-refractivity contribution < 1.29 is 19.1 Å². The van der Waals surface area contributed by atoms with Crippen LogP contribution in [0.3, 0.4) is 0 Å². The molecule has 30 heavy (non-hydrogen) atoms. The lowest BCUT2D eigenvalue weighted by molar-refractivity contribution is -0.126. The molecule has 2 aromatic rings. The number of nitrogens with zero attached hydrogens (tertiary/aromatic N) is 1. The van der Waals surface area contributed by atoms with Crippen LogP contribution in [0.5, 0.6) is 0 Å². The Labute approximate surface area is 178 Å². The summed E-state index contributed by atoms with van der Waals surface area (Å²) in [7, 11) is 0. The normalized spacial score (nSPS) is 14.4. The lowest BCUT2D eigenvalue weighted by Gasteiger charge is -2.30. The summed E-state index contributed by atoms with van der Waals surface area (Å²) in [4.78, 5) is 26.1. The summed E-state index contributed by atoms with van der Waals surface area (Å²) >= 11 is 0. The van der Waals surface area contributed by atoms with Crippen LogP contribution in [0, 0.1) is 5.92 Å². The zero-order chi connectivity index (χ0) is 21.2. The monoisotopic (exact) mass is 410 g/mol. The van der Waals surface area contributed by atoms with Gasteiger partial charge in [-0.2, -0.15) is 0 Å². The second kappa shape index (κ2) is 11.4. The third kappa shape index (κ3) is 6.32. The van der Waals surface area contributed by atoms with Crippen LogP contribution in [-0.2, 0) is 34.0 Å². The number of carbonyl (C=O) groups is 2. The second-order valence-corrected chi connectivity index (χ2v) is 7.43. The molecule has 1 N–H and O–H groups in total. The van der Waals surface area contributed by atoms with Gasteiger partial charge >= 0.3 is 6.09 Å². The van der Waals surface area contributed by atoms with E-state index in [0.29, 0.717) is 52.3 Å². The van der Waals surface area contributed by atoms with Gasteiger partial charge in [-0.05, 0) is 36.5 Å². The molecule has 2 amide bonds. The van der Waals surface area contributed by atoms with Crippen LogP contribution in [0.2, 0.25) is 0 Å². The summed E-state index contributed by atoms with van der Waals surface area (Å²) in [6.45, 7) is 4.80. The quantitative estimate of drug-likeness (QED) is 0.717. The van der Waals surface area contributed by atoms with Crippen LogP contribution in [0.4, 0.5) is 4.79 Å². The molecule has 3 rings (SSSR count). The Morgan fingerprint density at radius 3 is 2.33 bits per heavy atom. The van der Waals surface area contributed by atoms with Gasteiger partial charge in [0, 0.05) is 25.6 Å². The molecule has 0 unspecified atom stereocenters. The topological polar surface area (TPSA) is 67.9 Å². The van der Waals surface area contributed by atoms with E-state index in [2.05, 4.69) is 5.32 Å². The van der Waals surface area contributed by atoms with Crippen molar-refractivity contribution in [1.82, 2.24) is 10.2 Å². The zero-order valence-corrected chi connectivity index (χ0v) is 17.5. The van der Waals surface area contributed by atoms with Crippen molar-refractivity contribution in [1.29, 1.82) is 0 Å². The highest BCUT2D eigenvalue weighted by atomic mass is 16.6. The number of rotatable bonds is 8. The van der Waals surface area contributed by atoms with E-state index in [4.69, 9.17) is 9.47 Å². The fourth-order valence-corrected chi connectivity index (χ4v) is 3.59. The molecule has 1 aliphatic heterocycles. The van der Waals surface area contributed by atoms with Gasteiger partial charge in [-0.15, -0.1) is 0 Å². The first-order chi connectivity index (χ1) is 14.7. The minimum absolute atomic E-state index is 0.0403. The van der Waals surface area contributed by atoms with E-state index in [1.54, 1.807) is 11.8 Å². The summed E-state index contributed by atoms with van der Waals surface area (Å²) in [5.41, 5.74) is 3.27. The molecule has 0 radical (unpaired) electrons. The van der Waals surface area contributed by atoms with Crippen molar-refractivity contribution in [2.24, 2.45) is 5.92 Å². The molecule has 1 fully saturated rings. The van der Waals surface area contributed by atoms with Crippen LogP contribution in [0.15, 0.2) is 54.6 Å². The Kier molecular flexibility index (Phi) is 8.27. The summed E-state index contributed by atoms with van der Waals surface area (Å²) < 4.78 is 10.9. The first-order valence-electron chi connectivity index (χ1n) is 10.5. The maximum atomic E-state index is 12.6. The van der Waals surface area contributed by atoms with Gasteiger partial charge in [-0.25, -0.2) is 4.79 Å². The third-order valence-electron chi connectivity index (χ3n) is 5.33. The van der Waals surface area contributed by atoms with Gasteiger partial charge in [0.1, 0.15) is 0 Å². The van der Waals surface area contributed by atoms with E-state index in [-0.39, 0.29) is 17.9 Å². The van der Waals surface area contributed by atoms with Gasteiger partial charge in [0.2, 0.25) is 5.91 Å². The second-order valence-electron chi connectivity index (χ2n) is 7.43. The Balaban J connectivity index is 1.45. The number of hydrogen-bond donors (Lipinski definition) is 1. The molecule has 2 aromatic carbocycles. The summed E-state index contributed by atoms with van der Waals surface area (Å²) in [6, 6.07) is 18.1. The molecule has 0 bridgehead atoms. The average Bonchev–Trinajstić information content (AvgIpc) is 2.79. The predicted molar refractivity (Wildman–Crippen MR) is 115 cm³/mol. The molecule has 6 heteroatoms. The van der Waals surface area contributed by atoms with Crippen LogP contribution < -0.4 is 5.32 Å². The fraction of sp³-hybridized carbons (Fsp3) is 0.417. The smallest absolute Gasteiger partial charge is 0.409 e. The van der Waals surface area contributed by atoms with Crippen molar-refractivity contribution in [3.05, 3.63) is 71.3 Å². The fourth-order valence-electron chi connectivity index (χ4n) is 3.59. The van der Waals surface area contributed by atoms with E-state index in [1.165, 1.54) is 0 Å². The van der Waals surface area contributed by atoms with Gasteiger partial charge in [0.15, 0.2) is 0 Å². The number of hydrogen-bond acceptors (Lipinski definition) is 4. The lowest BCUT2D eigenvalue weighted by atomic mass is 9.96. The Bertz CT molecular complexity index is 817. The molecular formula is C24H30N2O4. The lowest BCUT2D eigenvalue weighted by Crippen LogP contribution is -2.43. The van der Waals surface area contributed by atoms with Crippen molar-refractivity contribution in [3.8, 4) is 0 Å². The van der Waals surface area contributed by atoms with Crippen LogP contribution in [-0.4, -0.2) is 36.6 Å². The maximum Gasteiger partial charge on any atom is 0.409 e. The number of nitrogens with one attached hydrogen (secondary N) is 1. The number of likely N-dealkylation sites (tertiary alicyclic amines) is 1. The minimum Gasteiger partial charge on any atom is -0.450 e. The number of benzene rings is 2. The molecule has 0 saturated carbocycles. The highest BCUT2D eigenvalue weighted by molar-refractivity contribution is 5.79. The van der Waals surface area contributed by atoms with E-state index < -0.39 is 0 Å². The van der Waals surface area contributed by atoms with E-state index in [9.17, 15) is 9.59 Å². The van der Waals surface area contributed by atoms with Crippen LogP contribution >= 0.6 is 0 Å². The molecule has 0 spiro atoms. The van der Waals surface area contributed by atoms with E-state index in [0.717, 1.165) is 16.7 Å². The third-order valence-corrected chi connectivity index (χ3v) is 5.33. The van der Waals surface area contributed by atoms with Gasteiger partial charge in [-0.3, -0.25) is 4.79 Å². The summed E-state index contributed by atoms with van der Waals surface area (Å²) in [5.74, 6) is -0.0318. The Hall–Kier alpha value is -2.86. The average molecular weight is 411 g/mol. The van der Waals surface area contributed by atoms with Gasteiger partial charge in [0.25, 0.3) is 0 Å². The van der Waals surface area contributed by atoms with Crippen molar-refractivity contribution in [2.45, 2.75) is 39.5 Å². The van der Waals surface area contributed by atoms with Gasteiger partial charge < -0.3 is 19.7 Å². The van der Waals surface area contributed by atoms with E-state index in [1.807, 2.05) is 54.6 Å². The molecule has 6 nitrogen and oxygen atoms in total. The van der Waals surface area contributed by atoms with E-state index >= 15 is 0 Å². The number of carbonyl (C=O) groups excluding carboxylic acids is 2. The zero-order valence-electron chi connectivity index (χ0n) is 17.5. The Morgan fingerprint density at radius 1 is 0.967 bits per heavy atom. The molecule has 0 atom stereocenters. The molecule has 0 aromatic heterocycles. The molecule has 160 valence electrons. The molecular weight excluding hydrogens is 380 g/mol. The Morgan fingerprint density at radius 2 is 1.63 bits per heavy atom. The number of piperidine rings is 1. The first-order valence-corrected chi connectivity index (χ1v) is 10.5. The first kappa shape index (κ1) is 21.8. The highest BCUT2D eigenvalue weighted by Crippen LogP contribution is 2.19. The number of amides is 2. The maximum absolute atomic E-state index is 12.6. The predicted octanol–water partition coefficient (Wildman–Crippen LogP) is 3.89. The van der Waals surface area contributed by atoms with Crippen molar-refractivity contribution in [2.75, 3.05) is 19.7 Å². The summed E-state index contributed by atoms with van der Waals surface area (Å²) in [5, 5.41) is 3.06. The molecule has 1 aliphatic rings. The molecule has 1 saturated heterocycles. The molecule has 1 heterocycles. The largest absolute Gasteiger partial charge is 0.450 e. The number of ether oxygens (including phenoxy) is 2.